The number of rotatable bonds is 1. The number of hydrogen-bond donors (Lipinski definition) is 1. The first-order valence-corrected chi connectivity index (χ1v) is 5.37. The summed E-state index contributed by atoms with van der Waals surface area (Å²) in [5.74, 6) is 2.47. The van der Waals surface area contributed by atoms with Gasteiger partial charge in [0.15, 0.2) is 0 Å². The third-order valence-electron chi connectivity index (χ3n) is 1.30. The molecule has 1 saturated heterocycles. The van der Waals surface area contributed by atoms with Gasteiger partial charge in [0.2, 0.25) is 0 Å². The van der Waals surface area contributed by atoms with E-state index in [4.69, 9.17) is 5.11 Å². The third kappa shape index (κ3) is 5.88. The molecule has 11 heavy (non-hydrogen) atoms. The molecular formula is C8H20OS2. The van der Waals surface area contributed by atoms with Crippen LogP contribution in [0.2, 0.25) is 0 Å². The summed E-state index contributed by atoms with van der Waals surface area (Å²) in [5, 5.41) is 8.77. The molecule has 0 aromatic heterocycles. The van der Waals surface area contributed by atoms with Crippen LogP contribution in [-0.2, 0) is 0 Å². The summed E-state index contributed by atoms with van der Waals surface area (Å²) in [4.78, 5) is 0. The van der Waals surface area contributed by atoms with Gasteiger partial charge in [0.25, 0.3) is 0 Å². The molecule has 1 aliphatic rings. The first-order valence-electron chi connectivity index (χ1n) is 3.27. The molecule has 1 fully saturated rings. The van der Waals surface area contributed by atoms with Crippen molar-refractivity contribution < 1.29 is 5.11 Å². The zero-order valence-electron chi connectivity index (χ0n) is 5.38. The Bertz CT molecular complexity index is 70.5. The van der Waals surface area contributed by atoms with Crippen molar-refractivity contribution in [2.24, 2.45) is 0 Å². The highest BCUT2D eigenvalue weighted by Gasteiger charge is 2.10. The van der Waals surface area contributed by atoms with Crippen LogP contribution in [0.25, 0.3) is 0 Å². The standard InChI is InChI=1S/C6H12OS2.2CH4/c7-5-6-8-3-1-2-4-9-6;;/h6-7H,1-5H2;2*1H4. The lowest BCUT2D eigenvalue weighted by atomic mass is 10.4. The van der Waals surface area contributed by atoms with E-state index >= 15 is 0 Å². The maximum Gasteiger partial charge on any atom is 0.0733 e. The van der Waals surface area contributed by atoms with E-state index < -0.39 is 0 Å². The molecule has 0 spiro atoms. The Balaban J connectivity index is 0. The van der Waals surface area contributed by atoms with E-state index in [2.05, 4.69) is 0 Å². The molecule has 1 rings (SSSR count). The monoisotopic (exact) mass is 196 g/mol. The van der Waals surface area contributed by atoms with Crippen molar-refractivity contribution in [3.63, 3.8) is 0 Å². The van der Waals surface area contributed by atoms with E-state index in [1.54, 1.807) is 0 Å². The average molecular weight is 196 g/mol. The smallest absolute Gasteiger partial charge is 0.0733 e. The quantitative estimate of drug-likeness (QED) is 0.696. The predicted octanol–water partition coefficient (Wildman–Crippen LogP) is 2.84. The summed E-state index contributed by atoms with van der Waals surface area (Å²) in [7, 11) is 0. The minimum Gasteiger partial charge on any atom is -0.394 e. The molecule has 0 unspecified atom stereocenters. The van der Waals surface area contributed by atoms with Crippen molar-refractivity contribution >= 4 is 23.5 Å². The van der Waals surface area contributed by atoms with Crippen LogP contribution in [0.15, 0.2) is 0 Å². The summed E-state index contributed by atoms with van der Waals surface area (Å²) in [6.07, 6.45) is 2.66. The largest absolute Gasteiger partial charge is 0.394 e. The summed E-state index contributed by atoms with van der Waals surface area (Å²) >= 11 is 3.79. The van der Waals surface area contributed by atoms with Gasteiger partial charge < -0.3 is 5.11 Å². The van der Waals surface area contributed by atoms with Gasteiger partial charge in [0.05, 0.1) is 11.2 Å². The number of aliphatic hydroxyl groups excluding tert-OH is 1. The van der Waals surface area contributed by atoms with Crippen LogP contribution in [0.3, 0.4) is 0 Å². The Morgan fingerprint density at radius 3 is 1.91 bits per heavy atom. The second-order valence-corrected chi connectivity index (χ2v) is 4.98. The van der Waals surface area contributed by atoms with Gasteiger partial charge >= 0.3 is 0 Å². The van der Waals surface area contributed by atoms with E-state index in [-0.39, 0.29) is 14.9 Å². The zero-order valence-corrected chi connectivity index (χ0v) is 7.01. The minimum atomic E-state index is 0. The molecule has 0 aromatic rings. The van der Waals surface area contributed by atoms with Crippen LogP contribution in [-0.4, -0.2) is 27.8 Å². The topological polar surface area (TPSA) is 20.2 Å². The Morgan fingerprint density at radius 2 is 1.55 bits per heavy atom. The van der Waals surface area contributed by atoms with Crippen LogP contribution >= 0.6 is 23.5 Å². The van der Waals surface area contributed by atoms with E-state index in [9.17, 15) is 0 Å². The second kappa shape index (κ2) is 8.75. The van der Waals surface area contributed by atoms with Crippen molar-refractivity contribution in [3.8, 4) is 0 Å². The molecule has 70 valence electrons. The molecule has 0 aliphatic carbocycles. The van der Waals surface area contributed by atoms with E-state index in [1.165, 1.54) is 24.3 Å². The summed E-state index contributed by atoms with van der Waals surface area (Å²) < 4.78 is 0.465. The number of hydrogen-bond acceptors (Lipinski definition) is 3. The SMILES string of the molecule is C.C.OCC1SCCCCS1. The summed E-state index contributed by atoms with van der Waals surface area (Å²) in [5.41, 5.74) is 0. The lowest BCUT2D eigenvalue weighted by molar-refractivity contribution is 0.316. The molecule has 1 heterocycles. The van der Waals surface area contributed by atoms with Gasteiger partial charge in [-0.05, 0) is 24.3 Å². The van der Waals surface area contributed by atoms with Crippen LogP contribution < -0.4 is 0 Å². The Hall–Kier alpha value is 0.660. The highest BCUT2D eigenvalue weighted by atomic mass is 32.2. The van der Waals surface area contributed by atoms with Crippen molar-refractivity contribution in [1.29, 1.82) is 0 Å². The lowest BCUT2D eigenvalue weighted by Crippen LogP contribution is -2.02. The molecule has 1 aliphatic heterocycles. The fraction of sp³-hybridized carbons (Fsp3) is 1.00. The molecule has 0 saturated carbocycles. The molecular weight excluding hydrogens is 176 g/mol. The van der Waals surface area contributed by atoms with Crippen LogP contribution in [0.1, 0.15) is 27.7 Å². The van der Waals surface area contributed by atoms with Gasteiger partial charge in [0, 0.05) is 0 Å². The molecule has 0 radical (unpaired) electrons. The van der Waals surface area contributed by atoms with Crippen molar-refractivity contribution in [1.82, 2.24) is 0 Å². The van der Waals surface area contributed by atoms with Crippen LogP contribution in [0, 0.1) is 0 Å². The lowest BCUT2D eigenvalue weighted by Gasteiger charge is -2.07. The maximum absolute atomic E-state index is 8.77. The van der Waals surface area contributed by atoms with Gasteiger partial charge in [-0.15, -0.1) is 23.5 Å². The first-order chi connectivity index (χ1) is 4.43. The van der Waals surface area contributed by atoms with Crippen LogP contribution in [0.4, 0.5) is 0 Å². The van der Waals surface area contributed by atoms with Gasteiger partial charge in [-0.2, -0.15) is 0 Å². The van der Waals surface area contributed by atoms with Gasteiger partial charge in [0.1, 0.15) is 0 Å². The van der Waals surface area contributed by atoms with Gasteiger partial charge in [-0.25, -0.2) is 0 Å². The Labute approximate surface area is 79.3 Å². The predicted molar refractivity (Wildman–Crippen MR) is 58.5 cm³/mol. The van der Waals surface area contributed by atoms with Crippen molar-refractivity contribution in [3.05, 3.63) is 0 Å². The fourth-order valence-electron chi connectivity index (χ4n) is 0.787. The second-order valence-electron chi connectivity index (χ2n) is 2.06. The zero-order chi connectivity index (χ0) is 6.53. The molecule has 0 aromatic carbocycles. The third-order valence-corrected chi connectivity index (χ3v) is 4.20. The van der Waals surface area contributed by atoms with Crippen molar-refractivity contribution in [2.45, 2.75) is 32.3 Å². The minimum absolute atomic E-state index is 0. The highest BCUT2D eigenvalue weighted by Crippen LogP contribution is 2.28. The fourth-order valence-corrected chi connectivity index (χ4v) is 3.23. The van der Waals surface area contributed by atoms with E-state index in [0.717, 1.165) is 0 Å². The molecule has 0 bridgehead atoms. The molecule has 1 nitrogen and oxygen atoms in total. The highest BCUT2D eigenvalue weighted by molar-refractivity contribution is 8.17. The Kier molecular flexibility index (Phi) is 11.3. The maximum atomic E-state index is 8.77. The van der Waals surface area contributed by atoms with Crippen molar-refractivity contribution in [2.75, 3.05) is 18.1 Å². The van der Waals surface area contributed by atoms with Crippen LogP contribution in [0.5, 0.6) is 0 Å². The van der Waals surface area contributed by atoms with E-state index in [0.29, 0.717) is 11.2 Å². The first kappa shape index (κ1) is 14.2. The average Bonchev–Trinajstić information content (AvgIpc) is 2.13. The van der Waals surface area contributed by atoms with Gasteiger partial charge in [-0.3, -0.25) is 0 Å². The molecule has 0 amide bonds. The normalized spacial score (nSPS) is 19.4. The number of aliphatic hydroxyl groups is 1. The number of thioether (sulfide) groups is 2. The molecule has 1 N–H and O–H groups in total. The van der Waals surface area contributed by atoms with E-state index in [1.807, 2.05) is 23.5 Å². The molecule has 3 heteroatoms. The van der Waals surface area contributed by atoms with Gasteiger partial charge in [-0.1, -0.05) is 14.9 Å². The summed E-state index contributed by atoms with van der Waals surface area (Å²) in [6.45, 7) is 0.343. The Morgan fingerprint density at radius 1 is 1.09 bits per heavy atom. The summed E-state index contributed by atoms with van der Waals surface area (Å²) in [6, 6.07) is 0. The molecule has 0 atom stereocenters.